The van der Waals surface area contributed by atoms with Gasteiger partial charge in [-0.15, -0.1) is 0 Å². The highest BCUT2D eigenvalue weighted by molar-refractivity contribution is 5.43. The summed E-state index contributed by atoms with van der Waals surface area (Å²) in [5.41, 5.74) is 9.35. The van der Waals surface area contributed by atoms with Crippen LogP contribution >= 0.6 is 0 Å². The Kier molecular flexibility index (Phi) is 7.40. The van der Waals surface area contributed by atoms with Crippen molar-refractivity contribution in [1.29, 1.82) is 0 Å². The van der Waals surface area contributed by atoms with Crippen LogP contribution in [0.1, 0.15) is 48.3 Å². The first-order valence-electron chi connectivity index (χ1n) is 12.3. The fourth-order valence-electron chi connectivity index (χ4n) is 4.81. The zero-order valence-electron chi connectivity index (χ0n) is 21.2. The van der Waals surface area contributed by atoms with E-state index in [-0.39, 0.29) is 5.41 Å². The fraction of sp³-hybridized carbons (Fsp3) is 0.333. The van der Waals surface area contributed by atoms with E-state index in [1.807, 2.05) is 14.1 Å². The van der Waals surface area contributed by atoms with Crippen LogP contribution < -0.4 is 10.6 Å². The number of aryl methyl sites for hydroxylation is 1. The van der Waals surface area contributed by atoms with E-state index >= 15 is 0 Å². The summed E-state index contributed by atoms with van der Waals surface area (Å²) >= 11 is 0. The van der Waals surface area contributed by atoms with E-state index < -0.39 is 0 Å². The highest BCUT2D eigenvalue weighted by Crippen LogP contribution is 2.31. The number of rotatable bonds is 10. The third-order valence-electron chi connectivity index (χ3n) is 7.01. The van der Waals surface area contributed by atoms with Gasteiger partial charge >= 0.3 is 0 Å². The number of nitrogens with one attached hydrogen (secondary N) is 2. The van der Waals surface area contributed by atoms with Gasteiger partial charge in [0.15, 0.2) is 0 Å². The summed E-state index contributed by atoms with van der Waals surface area (Å²) in [5, 5.41) is 6.60. The Labute approximate surface area is 204 Å². The van der Waals surface area contributed by atoms with Gasteiger partial charge in [-0.05, 0) is 92.4 Å². The van der Waals surface area contributed by atoms with Crippen LogP contribution in [0, 0.1) is 6.92 Å². The second kappa shape index (κ2) is 10.5. The van der Waals surface area contributed by atoms with Gasteiger partial charge in [-0.1, -0.05) is 44.2 Å². The van der Waals surface area contributed by atoms with E-state index in [4.69, 9.17) is 0 Å². The van der Waals surface area contributed by atoms with Crippen LogP contribution in [0.2, 0.25) is 0 Å². The van der Waals surface area contributed by atoms with E-state index in [0.29, 0.717) is 0 Å². The van der Waals surface area contributed by atoms with Gasteiger partial charge in [-0.3, -0.25) is 0 Å². The van der Waals surface area contributed by atoms with Gasteiger partial charge in [-0.25, -0.2) is 0 Å². The Hall–Kier alpha value is -3.08. The molecular weight excluding hydrogens is 416 g/mol. The summed E-state index contributed by atoms with van der Waals surface area (Å²) in [5.74, 6) is 0. The van der Waals surface area contributed by atoms with Crippen LogP contribution in [0.15, 0.2) is 79.1 Å². The Morgan fingerprint density at radius 3 is 2.12 bits per heavy atom. The van der Waals surface area contributed by atoms with Gasteiger partial charge < -0.3 is 19.8 Å². The highest BCUT2D eigenvalue weighted by atomic mass is 15.0. The summed E-state index contributed by atoms with van der Waals surface area (Å²) in [6.45, 7) is 8.71. The molecule has 4 aromatic rings. The summed E-state index contributed by atoms with van der Waals surface area (Å²) in [6, 6.07) is 24.0. The molecule has 4 nitrogen and oxygen atoms in total. The van der Waals surface area contributed by atoms with E-state index in [2.05, 4.69) is 120 Å². The van der Waals surface area contributed by atoms with Gasteiger partial charge in [0.25, 0.3) is 0 Å². The predicted octanol–water partition coefficient (Wildman–Crippen LogP) is 5.93. The lowest BCUT2D eigenvalue weighted by Crippen LogP contribution is -2.18. The Morgan fingerprint density at radius 1 is 0.765 bits per heavy atom. The molecule has 2 aromatic carbocycles. The zero-order chi connectivity index (χ0) is 24.1. The highest BCUT2D eigenvalue weighted by Gasteiger charge is 2.22. The van der Waals surface area contributed by atoms with E-state index in [1.54, 1.807) is 0 Å². The molecule has 0 aliphatic rings. The molecule has 0 amide bonds. The van der Waals surface area contributed by atoms with Crippen molar-refractivity contribution in [2.24, 2.45) is 0 Å². The maximum absolute atomic E-state index is 3.35. The molecule has 0 aliphatic heterocycles. The predicted molar refractivity (Wildman–Crippen MR) is 143 cm³/mol. The molecule has 0 fully saturated rings. The lowest BCUT2D eigenvalue weighted by atomic mass is 9.79. The lowest BCUT2D eigenvalue weighted by Gasteiger charge is -2.26. The minimum Gasteiger partial charge on any atom is -0.320 e. The van der Waals surface area contributed by atoms with Crippen molar-refractivity contribution >= 4 is 0 Å². The molecule has 2 heterocycles. The molecular formula is C30H38N4. The number of benzene rings is 2. The largest absolute Gasteiger partial charge is 0.320 e. The first-order valence-corrected chi connectivity index (χ1v) is 12.3. The summed E-state index contributed by atoms with van der Waals surface area (Å²) < 4.78 is 4.61. The van der Waals surface area contributed by atoms with Crippen molar-refractivity contribution in [2.45, 2.75) is 52.1 Å². The molecule has 0 radical (unpaired) electrons. The molecule has 0 spiro atoms. The first-order chi connectivity index (χ1) is 16.4. The average molecular weight is 455 g/mol. The number of aromatic nitrogens is 2. The number of hydrogen-bond donors (Lipinski definition) is 2. The lowest BCUT2D eigenvalue weighted by molar-refractivity contribution is 0.479. The van der Waals surface area contributed by atoms with Crippen molar-refractivity contribution < 1.29 is 0 Å². The average Bonchev–Trinajstić information content (AvgIpc) is 3.44. The standard InChI is InChI=1S/C30H38N4/c1-23-24(22-34(29(23)21-32-5)26-10-7-6-8-11-26)17-18-30(2,3)25-13-15-27(16-14-25)33-19-9-12-28(33)20-31-4/h6-16,19,22,31-32H,17-18,20-21H2,1-5H3. The third kappa shape index (κ3) is 5.03. The first kappa shape index (κ1) is 24.1. The number of nitrogens with zero attached hydrogens (tertiary/aromatic N) is 2. The van der Waals surface area contributed by atoms with Crippen molar-refractivity contribution in [3.63, 3.8) is 0 Å². The molecule has 2 aromatic heterocycles. The fourth-order valence-corrected chi connectivity index (χ4v) is 4.81. The van der Waals surface area contributed by atoms with Crippen molar-refractivity contribution in [2.75, 3.05) is 14.1 Å². The third-order valence-corrected chi connectivity index (χ3v) is 7.01. The van der Waals surface area contributed by atoms with Crippen molar-refractivity contribution in [1.82, 2.24) is 19.8 Å². The monoisotopic (exact) mass is 454 g/mol. The summed E-state index contributed by atoms with van der Waals surface area (Å²) in [4.78, 5) is 0. The quantitative estimate of drug-likeness (QED) is 0.312. The molecule has 0 atom stereocenters. The van der Waals surface area contributed by atoms with E-state index in [9.17, 15) is 0 Å². The second-order valence-electron chi connectivity index (χ2n) is 9.79. The Bertz CT molecular complexity index is 1200. The van der Waals surface area contributed by atoms with Crippen LogP contribution in [0.25, 0.3) is 11.4 Å². The molecule has 4 rings (SSSR count). The number of para-hydroxylation sites is 1. The van der Waals surface area contributed by atoms with Gasteiger partial charge in [-0.2, -0.15) is 0 Å². The van der Waals surface area contributed by atoms with Crippen molar-refractivity contribution in [3.8, 4) is 11.4 Å². The van der Waals surface area contributed by atoms with Gasteiger partial charge in [0.05, 0.1) is 0 Å². The summed E-state index contributed by atoms with van der Waals surface area (Å²) in [6.07, 6.45) is 6.63. The van der Waals surface area contributed by atoms with Gasteiger partial charge in [0.2, 0.25) is 0 Å². The van der Waals surface area contributed by atoms with Crippen LogP contribution in [-0.2, 0) is 24.9 Å². The normalized spacial score (nSPS) is 11.8. The van der Waals surface area contributed by atoms with Gasteiger partial charge in [0.1, 0.15) is 0 Å². The van der Waals surface area contributed by atoms with Crippen LogP contribution in [0.5, 0.6) is 0 Å². The van der Waals surface area contributed by atoms with E-state index in [1.165, 1.54) is 39.5 Å². The minimum absolute atomic E-state index is 0.0908. The molecule has 0 aliphatic carbocycles. The van der Waals surface area contributed by atoms with E-state index in [0.717, 1.165) is 25.9 Å². The molecule has 178 valence electrons. The maximum atomic E-state index is 3.35. The molecule has 0 saturated carbocycles. The molecule has 4 heteroatoms. The SMILES string of the molecule is CNCc1cccn1-c1ccc(C(C)(C)CCc2cn(-c3ccccc3)c(CNC)c2C)cc1. The Balaban J connectivity index is 1.52. The number of hydrogen-bond acceptors (Lipinski definition) is 2. The maximum Gasteiger partial charge on any atom is 0.0453 e. The topological polar surface area (TPSA) is 33.9 Å². The smallest absolute Gasteiger partial charge is 0.0453 e. The molecule has 0 bridgehead atoms. The molecule has 0 unspecified atom stereocenters. The van der Waals surface area contributed by atoms with Crippen LogP contribution in [0.4, 0.5) is 0 Å². The Morgan fingerprint density at radius 2 is 1.44 bits per heavy atom. The molecule has 0 saturated heterocycles. The molecule has 2 N–H and O–H groups in total. The summed E-state index contributed by atoms with van der Waals surface area (Å²) in [7, 11) is 4.00. The van der Waals surface area contributed by atoms with Crippen LogP contribution in [-0.4, -0.2) is 23.2 Å². The van der Waals surface area contributed by atoms with Gasteiger partial charge in [0, 0.05) is 48.2 Å². The zero-order valence-corrected chi connectivity index (χ0v) is 21.2. The second-order valence-corrected chi connectivity index (χ2v) is 9.79. The minimum atomic E-state index is 0.0908. The molecule has 34 heavy (non-hydrogen) atoms. The van der Waals surface area contributed by atoms with Crippen molar-refractivity contribution in [3.05, 3.63) is 107 Å². The van der Waals surface area contributed by atoms with Crippen LogP contribution in [0.3, 0.4) is 0 Å².